The second kappa shape index (κ2) is 8.11. The zero-order valence-electron chi connectivity index (χ0n) is 16.3. The number of nitrogens with zero attached hydrogens (tertiary/aromatic N) is 1. The normalized spacial score (nSPS) is 23.2. The Morgan fingerprint density at radius 1 is 1.07 bits per heavy atom. The van der Waals surface area contributed by atoms with Gasteiger partial charge in [0.25, 0.3) is 10.0 Å². The molecule has 2 aromatic carbocycles. The molecule has 7 heteroatoms. The van der Waals surface area contributed by atoms with Gasteiger partial charge in [0, 0.05) is 10.5 Å². The number of carbonyl (C=O) groups excluding carboxylic acids is 1. The molecule has 2 aliphatic rings. The standard InChI is InChI=1S/C22H25BrN2O3S/c1-15-2-10-20(11-3-15)29(27,28)25(19-8-6-18(23)7-9-19)14-22(26)24-21-13-16-4-5-17(21)12-16/h2-3,6-11,16-17,21H,4-5,12-14H2,1H3,(H,24,26)/t16-,17-,21+/m1/s1. The monoisotopic (exact) mass is 476 g/mol. The molecular formula is C22H25BrN2O3S. The Hall–Kier alpha value is -1.86. The number of anilines is 1. The summed E-state index contributed by atoms with van der Waals surface area (Å²) in [6.45, 7) is 1.68. The number of carbonyl (C=O) groups is 1. The van der Waals surface area contributed by atoms with E-state index in [0.29, 0.717) is 17.5 Å². The first kappa shape index (κ1) is 20.4. The summed E-state index contributed by atoms with van der Waals surface area (Å²) in [5.74, 6) is 1.00. The van der Waals surface area contributed by atoms with Crippen LogP contribution in [0.25, 0.3) is 0 Å². The van der Waals surface area contributed by atoms with Gasteiger partial charge in [-0.3, -0.25) is 9.10 Å². The molecule has 1 amide bonds. The third-order valence-electron chi connectivity index (χ3n) is 6.10. The molecule has 2 saturated carbocycles. The van der Waals surface area contributed by atoms with E-state index in [2.05, 4.69) is 21.2 Å². The Balaban J connectivity index is 1.59. The van der Waals surface area contributed by atoms with Crippen LogP contribution in [0.3, 0.4) is 0 Å². The van der Waals surface area contributed by atoms with Gasteiger partial charge in [0.2, 0.25) is 5.91 Å². The van der Waals surface area contributed by atoms with Gasteiger partial charge in [-0.15, -0.1) is 0 Å². The van der Waals surface area contributed by atoms with E-state index in [9.17, 15) is 13.2 Å². The van der Waals surface area contributed by atoms with E-state index < -0.39 is 10.0 Å². The lowest BCUT2D eigenvalue weighted by atomic mass is 9.95. The van der Waals surface area contributed by atoms with Gasteiger partial charge in [-0.1, -0.05) is 40.0 Å². The number of halogens is 1. The molecule has 154 valence electrons. The molecule has 4 rings (SSSR count). The predicted octanol–water partition coefficient (Wildman–Crippen LogP) is 4.26. The maximum absolute atomic E-state index is 13.4. The molecule has 0 spiro atoms. The fourth-order valence-corrected chi connectivity index (χ4v) is 6.25. The third kappa shape index (κ3) is 4.36. The van der Waals surface area contributed by atoms with Gasteiger partial charge in [-0.25, -0.2) is 8.42 Å². The molecule has 29 heavy (non-hydrogen) atoms. The quantitative estimate of drug-likeness (QED) is 0.677. The fraction of sp³-hybridized carbons (Fsp3) is 0.409. The van der Waals surface area contributed by atoms with Crippen molar-refractivity contribution >= 4 is 37.5 Å². The van der Waals surface area contributed by atoms with Gasteiger partial charge in [0.05, 0.1) is 10.6 Å². The van der Waals surface area contributed by atoms with E-state index in [1.165, 1.54) is 17.1 Å². The van der Waals surface area contributed by atoms with Crippen LogP contribution in [0.2, 0.25) is 0 Å². The second-order valence-electron chi connectivity index (χ2n) is 8.15. The van der Waals surface area contributed by atoms with Crippen molar-refractivity contribution in [1.29, 1.82) is 0 Å². The van der Waals surface area contributed by atoms with Crippen molar-refractivity contribution in [3.63, 3.8) is 0 Å². The summed E-state index contributed by atoms with van der Waals surface area (Å²) in [6, 6.07) is 13.9. The molecule has 0 saturated heterocycles. The molecule has 0 unspecified atom stereocenters. The van der Waals surface area contributed by atoms with E-state index in [4.69, 9.17) is 0 Å². The number of aryl methyl sites for hydroxylation is 1. The van der Waals surface area contributed by atoms with E-state index in [1.807, 2.05) is 6.92 Å². The van der Waals surface area contributed by atoms with Crippen LogP contribution in [-0.2, 0) is 14.8 Å². The van der Waals surface area contributed by atoms with Crippen molar-refractivity contribution in [2.75, 3.05) is 10.8 Å². The zero-order chi connectivity index (χ0) is 20.6. The number of rotatable bonds is 6. The van der Waals surface area contributed by atoms with Gasteiger partial charge in [0.15, 0.2) is 0 Å². The van der Waals surface area contributed by atoms with Crippen LogP contribution in [0.5, 0.6) is 0 Å². The Morgan fingerprint density at radius 2 is 1.76 bits per heavy atom. The van der Waals surface area contributed by atoms with Crippen molar-refractivity contribution in [3.05, 3.63) is 58.6 Å². The highest BCUT2D eigenvalue weighted by atomic mass is 79.9. The molecule has 2 bridgehead atoms. The average molecular weight is 477 g/mol. The number of benzene rings is 2. The van der Waals surface area contributed by atoms with E-state index in [0.717, 1.165) is 22.9 Å². The van der Waals surface area contributed by atoms with Gasteiger partial charge >= 0.3 is 0 Å². The molecule has 2 aliphatic carbocycles. The highest BCUT2D eigenvalue weighted by Gasteiger charge is 2.40. The smallest absolute Gasteiger partial charge is 0.264 e. The Bertz CT molecular complexity index is 990. The Labute approximate surface area is 180 Å². The van der Waals surface area contributed by atoms with Gasteiger partial charge in [-0.05, 0) is 74.4 Å². The summed E-state index contributed by atoms with van der Waals surface area (Å²) in [5, 5.41) is 3.10. The number of hydrogen-bond donors (Lipinski definition) is 1. The van der Waals surface area contributed by atoms with Gasteiger partial charge in [-0.2, -0.15) is 0 Å². The van der Waals surface area contributed by atoms with Crippen molar-refractivity contribution < 1.29 is 13.2 Å². The predicted molar refractivity (Wildman–Crippen MR) is 117 cm³/mol. The van der Waals surface area contributed by atoms with E-state index >= 15 is 0 Å². The molecule has 0 radical (unpaired) electrons. The van der Waals surface area contributed by atoms with Crippen LogP contribution in [-0.4, -0.2) is 26.9 Å². The van der Waals surface area contributed by atoms with Crippen molar-refractivity contribution in [2.24, 2.45) is 11.8 Å². The summed E-state index contributed by atoms with van der Waals surface area (Å²) >= 11 is 3.38. The average Bonchev–Trinajstić information content (AvgIpc) is 3.30. The summed E-state index contributed by atoms with van der Waals surface area (Å²) in [4.78, 5) is 13.0. The first-order valence-electron chi connectivity index (χ1n) is 9.97. The fourth-order valence-electron chi connectivity index (χ4n) is 4.56. The summed E-state index contributed by atoms with van der Waals surface area (Å²) < 4.78 is 28.8. The zero-order valence-corrected chi connectivity index (χ0v) is 18.7. The maximum atomic E-state index is 13.4. The number of nitrogens with one attached hydrogen (secondary N) is 1. The first-order chi connectivity index (χ1) is 13.8. The van der Waals surface area contributed by atoms with Crippen LogP contribution in [0.4, 0.5) is 5.69 Å². The van der Waals surface area contributed by atoms with Crippen LogP contribution < -0.4 is 9.62 Å². The largest absolute Gasteiger partial charge is 0.352 e. The SMILES string of the molecule is Cc1ccc(S(=O)(=O)N(CC(=O)N[C@H]2C[C@@H]3CC[C@@H]2C3)c2ccc(Br)cc2)cc1. The highest BCUT2D eigenvalue weighted by molar-refractivity contribution is 9.10. The molecule has 0 heterocycles. The van der Waals surface area contributed by atoms with Crippen LogP contribution in [0, 0.1) is 18.8 Å². The van der Waals surface area contributed by atoms with Gasteiger partial charge < -0.3 is 5.32 Å². The number of fused-ring (bicyclic) bond motifs is 2. The van der Waals surface area contributed by atoms with Crippen molar-refractivity contribution in [1.82, 2.24) is 5.32 Å². The van der Waals surface area contributed by atoms with Crippen molar-refractivity contribution in [2.45, 2.75) is 43.5 Å². The molecule has 2 fully saturated rings. The van der Waals surface area contributed by atoms with Crippen molar-refractivity contribution in [3.8, 4) is 0 Å². The summed E-state index contributed by atoms with van der Waals surface area (Å²) in [6.07, 6.45) is 4.61. The maximum Gasteiger partial charge on any atom is 0.264 e. The third-order valence-corrected chi connectivity index (χ3v) is 8.41. The molecule has 2 aromatic rings. The molecule has 3 atom stereocenters. The lowest BCUT2D eigenvalue weighted by Crippen LogP contribution is -2.46. The van der Waals surface area contributed by atoms with E-state index in [1.54, 1.807) is 48.5 Å². The minimum absolute atomic E-state index is 0.176. The molecule has 0 aliphatic heterocycles. The van der Waals surface area contributed by atoms with Crippen LogP contribution in [0.1, 0.15) is 31.2 Å². The molecular weight excluding hydrogens is 452 g/mol. The molecule has 5 nitrogen and oxygen atoms in total. The topological polar surface area (TPSA) is 66.5 Å². The van der Waals surface area contributed by atoms with Gasteiger partial charge in [0.1, 0.15) is 6.54 Å². The first-order valence-corrected chi connectivity index (χ1v) is 12.2. The summed E-state index contributed by atoms with van der Waals surface area (Å²) in [7, 11) is -3.87. The Morgan fingerprint density at radius 3 is 2.34 bits per heavy atom. The number of hydrogen-bond acceptors (Lipinski definition) is 3. The lowest BCUT2D eigenvalue weighted by Gasteiger charge is -2.27. The Kier molecular flexibility index (Phi) is 5.71. The highest BCUT2D eigenvalue weighted by Crippen LogP contribution is 2.44. The molecule has 0 aromatic heterocycles. The number of amides is 1. The second-order valence-corrected chi connectivity index (χ2v) is 10.9. The molecule has 1 N–H and O–H groups in total. The minimum atomic E-state index is -3.87. The number of sulfonamides is 1. The van der Waals surface area contributed by atoms with Crippen LogP contribution in [0.15, 0.2) is 57.9 Å². The van der Waals surface area contributed by atoms with E-state index in [-0.39, 0.29) is 23.4 Å². The summed E-state index contributed by atoms with van der Waals surface area (Å²) in [5.41, 5.74) is 1.45. The lowest BCUT2D eigenvalue weighted by molar-refractivity contribution is -0.120. The van der Waals surface area contributed by atoms with Crippen LogP contribution >= 0.6 is 15.9 Å². The minimum Gasteiger partial charge on any atom is -0.352 e.